The van der Waals surface area contributed by atoms with Crippen molar-refractivity contribution in [2.24, 2.45) is 5.92 Å². The quantitative estimate of drug-likeness (QED) is 0.657. The third-order valence-electron chi connectivity index (χ3n) is 3.24. The van der Waals surface area contributed by atoms with E-state index in [9.17, 15) is 10.1 Å². The zero-order chi connectivity index (χ0) is 13.0. The third kappa shape index (κ3) is 3.76. The second kappa shape index (κ2) is 6.26. The fourth-order valence-corrected chi connectivity index (χ4v) is 3.16. The summed E-state index contributed by atoms with van der Waals surface area (Å²) in [6.45, 7) is 4.07. The average molecular weight is 269 g/mol. The molecule has 100 valence electrons. The van der Waals surface area contributed by atoms with Crippen molar-refractivity contribution < 1.29 is 4.92 Å². The van der Waals surface area contributed by atoms with Crippen LogP contribution in [0.2, 0.25) is 0 Å². The van der Waals surface area contributed by atoms with E-state index in [1.165, 1.54) is 24.2 Å². The van der Waals surface area contributed by atoms with Gasteiger partial charge in [-0.25, -0.2) is 0 Å². The number of piperidine rings is 1. The number of nitrogens with zero attached hydrogens (tertiary/aromatic N) is 2. The van der Waals surface area contributed by atoms with Gasteiger partial charge in [0, 0.05) is 24.5 Å². The molecule has 2 rings (SSSR count). The van der Waals surface area contributed by atoms with Crippen LogP contribution < -0.4 is 5.32 Å². The topological polar surface area (TPSA) is 58.4 Å². The Morgan fingerprint density at radius 1 is 1.67 bits per heavy atom. The summed E-state index contributed by atoms with van der Waals surface area (Å²) in [5, 5.41) is 16.1. The fourth-order valence-electron chi connectivity index (χ4n) is 2.44. The van der Waals surface area contributed by atoms with Crippen molar-refractivity contribution in [2.45, 2.75) is 19.4 Å². The van der Waals surface area contributed by atoms with Gasteiger partial charge in [0.25, 0.3) is 0 Å². The minimum absolute atomic E-state index is 0.234. The highest BCUT2D eigenvalue weighted by atomic mass is 32.1. The Kier molecular flexibility index (Phi) is 4.68. The van der Waals surface area contributed by atoms with Gasteiger partial charge in [-0.3, -0.25) is 10.1 Å². The van der Waals surface area contributed by atoms with E-state index in [1.807, 2.05) is 5.38 Å². The molecule has 1 fully saturated rings. The number of hydrogen-bond acceptors (Lipinski definition) is 5. The minimum Gasteiger partial charge on any atom is -0.316 e. The van der Waals surface area contributed by atoms with Crippen LogP contribution in [0, 0.1) is 16.0 Å². The molecule has 5 nitrogen and oxygen atoms in total. The molecule has 0 radical (unpaired) electrons. The lowest BCUT2D eigenvalue weighted by Gasteiger charge is -2.27. The summed E-state index contributed by atoms with van der Waals surface area (Å²) in [6.07, 6.45) is 2.53. The highest BCUT2D eigenvalue weighted by molar-refractivity contribution is 7.13. The van der Waals surface area contributed by atoms with Crippen molar-refractivity contribution in [3.05, 3.63) is 27.1 Å². The van der Waals surface area contributed by atoms with E-state index in [1.54, 1.807) is 6.07 Å². The van der Waals surface area contributed by atoms with Gasteiger partial charge < -0.3 is 10.2 Å². The fraction of sp³-hybridized carbons (Fsp3) is 0.667. The Morgan fingerprint density at radius 2 is 2.50 bits per heavy atom. The molecular weight excluding hydrogens is 250 g/mol. The molecule has 1 aromatic heterocycles. The summed E-state index contributed by atoms with van der Waals surface area (Å²) in [5.74, 6) is 0.706. The van der Waals surface area contributed by atoms with Gasteiger partial charge in [-0.15, -0.1) is 0 Å². The van der Waals surface area contributed by atoms with Gasteiger partial charge >= 0.3 is 5.00 Å². The SMILES string of the molecule is CN(Cc1csc([N+](=O)[O-])c1)CC1CCCNC1. The van der Waals surface area contributed by atoms with Crippen LogP contribution in [0.4, 0.5) is 5.00 Å². The Bertz CT molecular complexity index is 402. The molecule has 2 heterocycles. The van der Waals surface area contributed by atoms with Gasteiger partial charge in [0.2, 0.25) is 0 Å². The van der Waals surface area contributed by atoms with Gasteiger partial charge in [0.1, 0.15) is 0 Å². The van der Waals surface area contributed by atoms with E-state index in [0.29, 0.717) is 5.92 Å². The minimum atomic E-state index is -0.320. The van der Waals surface area contributed by atoms with Crippen LogP contribution in [-0.4, -0.2) is 36.5 Å². The van der Waals surface area contributed by atoms with Gasteiger partial charge in [-0.05, 0) is 44.5 Å². The van der Waals surface area contributed by atoms with Gasteiger partial charge in [-0.1, -0.05) is 11.3 Å². The lowest BCUT2D eigenvalue weighted by Crippen LogP contribution is -2.36. The normalized spacial score (nSPS) is 20.2. The van der Waals surface area contributed by atoms with E-state index < -0.39 is 0 Å². The zero-order valence-corrected chi connectivity index (χ0v) is 11.4. The predicted molar refractivity (Wildman–Crippen MR) is 72.9 cm³/mol. The van der Waals surface area contributed by atoms with Crippen molar-refractivity contribution in [3.63, 3.8) is 0 Å². The number of nitro groups is 1. The Hall–Kier alpha value is -0.980. The van der Waals surface area contributed by atoms with Gasteiger partial charge in [-0.2, -0.15) is 0 Å². The molecule has 0 amide bonds. The molecule has 1 aromatic rings. The van der Waals surface area contributed by atoms with Crippen LogP contribution in [0.5, 0.6) is 0 Å². The average Bonchev–Trinajstić information content (AvgIpc) is 2.78. The number of nitrogens with one attached hydrogen (secondary N) is 1. The monoisotopic (exact) mass is 269 g/mol. The Labute approximate surface area is 111 Å². The summed E-state index contributed by atoms with van der Waals surface area (Å²) in [6, 6.07) is 1.68. The molecule has 1 aliphatic heterocycles. The van der Waals surface area contributed by atoms with E-state index in [4.69, 9.17) is 0 Å². The molecule has 0 saturated carbocycles. The number of rotatable bonds is 5. The summed E-state index contributed by atoms with van der Waals surface area (Å²) < 4.78 is 0. The van der Waals surface area contributed by atoms with Gasteiger partial charge in [0.05, 0.1) is 4.92 Å². The molecule has 1 unspecified atom stereocenters. The molecule has 0 spiro atoms. The largest absolute Gasteiger partial charge is 0.324 e. The molecule has 0 bridgehead atoms. The van der Waals surface area contributed by atoms with Crippen molar-refractivity contribution in [1.82, 2.24) is 10.2 Å². The van der Waals surface area contributed by atoms with Crippen molar-refractivity contribution in [3.8, 4) is 0 Å². The van der Waals surface area contributed by atoms with E-state index in [-0.39, 0.29) is 9.92 Å². The van der Waals surface area contributed by atoms with E-state index in [0.717, 1.165) is 31.7 Å². The van der Waals surface area contributed by atoms with Crippen LogP contribution in [-0.2, 0) is 6.54 Å². The van der Waals surface area contributed by atoms with Crippen LogP contribution in [0.1, 0.15) is 18.4 Å². The first kappa shape index (κ1) is 13.5. The highest BCUT2D eigenvalue weighted by Gasteiger charge is 2.16. The van der Waals surface area contributed by atoms with Crippen molar-refractivity contribution >= 4 is 16.3 Å². The van der Waals surface area contributed by atoms with E-state index in [2.05, 4.69) is 17.3 Å². The number of hydrogen-bond donors (Lipinski definition) is 1. The Balaban J connectivity index is 1.82. The number of thiophene rings is 1. The molecule has 18 heavy (non-hydrogen) atoms. The Morgan fingerprint density at radius 3 is 3.11 bits per heavy atom. The zero-order valence-electron chi connectivity index (χ0n) is 10.6. The molecule has 0 aliphatic carbocycles. The maximum atomic E-state index is 10.6. The molecule has 1 N–H and O–H groups in total. The lowest BCUT2D eigenvalue weighted by molar-refractivity contribution is -0.380. The van der Waals surface area contributed by atoms with Gasteiger partial charge in [0.15, 0.2) is 0 Å². The second-order valence-electron chi connectivity index (χ2n) is 4.96. The molecule has 1 atom stereocenters. The van der Waals surface area contributed by atoms with Crippen molar-refractivity contribution in [1.29, 1.82) is 0 Å². The van der Waals surface area contributed by atoms with Crippen LogP contribution in [0.15, 0.2) is 11.4 Å². The first-order chi connectivity index (χ1) is 8.65. The standard InChI is InChI=1S/C12H19N3O2S/c1-14(7-10-3-2-4-13-6-10)8-11-5-12(15(16)17)18-9-11/h5,9-10,13H,2-4,6-8H2,1H3. The summed E-state index contributed by atoms with van der Waals surface area (Å²) in [4.78, 5) is 12.5. The van der Waals surface area contributed by atoms with Crippen LogP contribution in [0.25, 0.3) is 0 Å². The second-order valence-corrected chi connectivity index (χ2v) is 5.85. The maximum Gasteiger partial charge on any atom is 0.324 e. The molecule has 1 saturated heterocycles. The molecule has 6 heteroatoms. The molecular formula is C12H19N3O2S. The smallest absolute Gasteiger partial charge is 0.316 e. The summed E-state index contributed by atoms with van der Waals surface area (Å²) in [5.41, 5.74) is 1.04. The van der Waals surface area contributed by atoms with E-state index >= 15 is 0 Å². The van der Waals surface area contributed by atoms with Crippen LogP contribution >= 0.6 is 11.3 Å². The van der Waals surface area contributed by atoms with Crippen molar-refractivity contribution in [2.75, 3.05) is 26.7 Å². The first-order valence-electron chi connectivity index (χ1n) is 6.26. The third-order valence-corrected chi connectivity index (χ3v) is 4.17. The first-order valence-corrected chi connectivity index (χ1v) is 7.14. The molecule has 0 aromatic carbocycles. The summed E-state index contributed by atoms with van der Waals surface area (Å²) in [7, 11) is 2.08. The maximum absolute atomic E-state index is 10.6. The summed E-state index contributed by atoms with van der Waals surface area (Å²) >= 11 is 1.21. The predicted octanol–water partition coefficient (Wildman–Crippen LogP) is 2.09. The highest BCUT2D eigenvalue weighted by Crippen LogP contribution is 2.23. The lowest BCUT2D eigenvalue weighted by atomic mass is 9.99. The molecule has 1 aliphatic rings. The van der Waals surface area contributed by atoms with Crippen LogP contribution in [0.3, 0.4) is 0 Å².